The Balaban J connectivity index is 2.65. The number of benzene rings is 1. The van der Waals surface area contributed by atoms with E-state index in [1.54, 1.807) is 7.11 Å². The van der Waals surface area contributed by atoms with Crippen molar-refractivity contribution in [2.75, 3.05) is 7.11 Å². The highest BCUT2D eigenvalue weighted by Gasteiger charge is 2.19. The number of aromatic amines is 1. The number of carboxylic acid groups (broad SMARTS) is 1. The van der Waals surface area contributed by atoms with Crippen LogP contribution in [0.3, 0.4) is 0 Å². The number of hydrogen-bond acceptors (Lipinski definition) is 3. The first-order valence-corrected chi connectivity index (χ1v) is 6.41. The smallest absolute Gasteiger partial charge is 0.354 e. The van der Waals surface area contributed by atoms with Gasteiger partial charge < -0.3 is 14.8 Å². The van der Waals surface area contributed by atoms with E-state index in [1.165, 1.54) is 6.33 Å². The van der Waals surface area contributed by atoms with Crippen molar-refractivity contribution < 1.29 is 14.6 Å². The van der Waals surface area contributed by atoms with Crippen LogP contribution in [0.5, 0.6) is 5.75 Å². The number of methoxy groups -OCH3 is 1. The highest BCUT2D eigenvalue weighted by atomic mass is 16.5. The van der Waals surface area contributed by atoms with Gasteiger partial charge in [0, 0.05) is 5.56 Å². The summed E-state index contributed by atoms with van der Waals surface area (Å²) in [7, 11) is 1.64. The number of aryl methyl sites for hydroxylation is 1. The first-order chi connectivity index (χ1) is 9.45. The Bertz CT molecular complexity index is 645. The predicted molar refractivity (Wildman–Crippen MR) is 76.4 cm³/mol. The van der Waals surface area contributed by atoms with Crippen LogP contribution in [0, 0.1) is 6.92 Å². The average Bonchev–Trinajstić information content (AvgIpc) is 2.87. The van der Waals surface area contributed by atoms with Crippen LogP contribution < -0.4 is 4.74 Å². The van der Waals surface area contributed by atoms with E-state index in [4.69, 9.17) is 4.74 Å². The molecule has 0 radical (unpaired) electrons. The van der Waals surface area contributed by atoms with E-state index in [-0.39, 0.29) is 11.6 Å². The Hall–Kier alpha value is -2.30. The van der Waals surface area contributed by atoms with Crippen molar-refractivity contribution in [3.8, 4) is 17.0 Å². The van der Waals surface area contributed by atoms with E-state index >= 15 is 0 Å². The third-order valence-electron chi connectivity index (χ3n) is 3.31. The number of carbonyl (C=O) groups is 1. The van der Waals surface area contributed by atoms with Crippen LogP contribution in [-0.2, 0) is 0 Å². The fraction of sp³-hybridized carbons (Fsp3) is 0.333. The highest BCUT2D eigenvalue weighted by Crippen LogP contribution is 2.34. The third kappa shape index (κ3) is 2.39. The second-order valence-corrected chi connectivity index (χ2v) is 5.00. The molecule has 0 aliphatic heterocycles. The second-order valence-electron chi connectivity index (χ2n) is 5.00. The fourth-order valence-corrected chi connectivity index (χ4v) is 2.24. The van der Waals surface area contributed by atoms with E-state index in [9.17, 15) is 9.90 Å². The second kappa shape index (κ2) is 5.36. The van der Waals surface area contributed by atoms with Gasteiger partial charge in [-0.2, -0.15) is 0 Å². The van der Waals surface area contributed by atoms with Crippen molar-refractivity contribution >= 4 is 5.97 Å². The lowest BCUT2D eigenvalue weighted by Crippen LogP contribution is -2.02. The van der Waals surface area contributed by atoms with Gasteiger partial charge in [-0.1, -0.05) is 13.8 Å². The molecule has 0 saturated heterocycles. The number of nitrogens with zero attached hydrogens (tertiary/aromatic N) is 1. The molecule has 0 unspecified atom stereocenters. The van der Waals surface area contributed by atoms with Gasteiger partial charge in [0.05, 0.1) is 13.4 Å². The zero-order chi connectivity index (χ0) is 14.9. The molecule has 5 heteroatoms. The van der Waals surface area contributed by atoms with E-state index in [2.05, 4.69) is 23.8 Å². The molecule has 2 rings (SSSR count). The summed E-state index contributed by atoms with van der Waals surface area (Å²) in [6, 6.07) is 3.88. The number of rotatable bonds is 4. The minimum Gasteiger partial charge on any atom is -0.496 e. The molecule has 0 atom stereocenters. The number of carboxylic acids is 1. The van der Waals surface area contributed by atoms with Crippen LogP contribution in [0.4, 0.5) is 0 Å². The Kier molecular flexibility index (Phi) is 3.79. The van der Waals surface area contributed by atoms with Crippen molar-refractivity contribution in [1.82, 2.24) is 9.97 Å². The molecule has 0 aliphatic carbocycles. The Morgan fingerprint density at radius 3 is 2.65 bits per heavy atom. The lowest BCUT2D eigenvalue weighted by molar-refractivity contribution is 0.0692. The molecule has 1 aromatic carbocycles. The summed E-state index contributed by atoms with van der Waals surface area (Å²) < 4.78 is 5.39. The summed E-state index contributed by atoms with van der Waals surface area (Å²) in [6.45, 7) is 6.06. The van der Waals surface area contributed by atoms with Crippen LogP contribution in [0.15, 0.2) is 18.5 Å². The number of ether oxygens (including phenoxy) is 1. The van der Waals surface area contributed by atoms with Crippen molar-refractivity contribution in [3.63, 3.8) is 0 Å². The van der Waals surface area contributed by atoms with Gasteiger partial charge in [-0.15, -0.1) is 0 Å². The molecule has 0 aliphatic rings. The van der Waals surface area contributed by atoms with Gasteiger partial charge in [-0.25, -0.2) is 9.78 Å². The monoisotopic (exact) mass is 274 g/mol. The zero-order valence-corrected chi connectivity index (χ0v) is 12.0. The van der Waals surface area contributed by atoms with Gasteiger partial charge in [0.25, 0.3) is 0 Å². The van der Waals surface area contributed by atoms with Crippen molar-refractivity contribution in [2.24, 2.45) is 0 Å². The number of aromatic carboxylic acids is 1. The predicted octanol–water partition coefficient (Wildman–Crippen LogP) is 3.22. The number of imidazole rings is 1. The molecule has 2 aromatic rings. The summed E-state index contributed by atoms with van der Waals surface area (Å²) in [5.74, 6) is 0.0731. The van der Waals surface area contributed by atoms with E-state index in [0.717, 1.165) is 22.4 Å². The summed E-state index contributed by atoms with van der Waals surface area (Å²) in [4.78, 5) is 18.0. The average molecular weight is 274 g/mol. The Morgan fingerprint density at radius 1 is 1.40 bits per heavy atom. The molecular formula is C15H18N2O3. The number of nitrogens with one attached hydrogen (secondary N) is 1. The van der Waals surface area contributed by atoms with Gasteiger partial charge in [0.15, 0.2) is 5.69 Å². The molecule has 106 valence electrons. The Labute approximate surface area is 117 Å². The number of hydrogen-bond donors (Lipinski definition) is 2. The topological polar surface area (TPSA) is 75.2 Å². The molecule has 20 heavy (non-hydrogen) atoms. The largest absolute Gasteiger partial charge is 0.496 e. The molecule has 0 bridgehead atoms. The number of aromatic nitrogens is 2. The maximum atomic E-state index is 11.2. The molecule has 1 heterocycles. The molecule has 1 aromatic heterocycles. The number of H-pyrrole nitrogens is 1. The van der Waals surface area contributed by atoms with Gasteiger partial charge in [0.2, 0.25) is 0 Å². The SMILES string of the molecule is COc1cc(C)c(-c2nc[nH]c2C(=O)O)cc1C(C)C. The minimum atomic E-state index is -1.01. The third-order valence-corrected chi connectivity index (χ3v) is 3.31. The molecule has 0 saturated carbocycles. The fourth-order valence-electron chi connectivity index (χ4n) is 2.24. The molecule has 0 spiro atoms. The van der Waals surface area contributed by atoms with Gasteiger partial charge in [-0.3, -0.25) is 0 Å². The van der Waals surface area contributed by atoms with Crippen LogP contribution in [-0.4, -0.2) is 28.2 Å². The normalized spacial score (nSPS) is 10.8. The highest BCUT2D eigenvalue weighted by molar-refractivity contribution is 5.93. The quantitative estimate of drug-likeness (QED) is 0.897. The maximum Gasteiger partial charge on any atom is 0.354 e. The zero-order valence-electron chi connectivity index (χ0n) is 12.0. The van der Waals surface area contributed by atoms with Gasteiger partial charge >= 0.3 is 5.97 Å². The maximum absolute atomic E-state index is 11.2. The summed E-state index contributed by atoms with van der Waals surface area (Å²) in [6.07, 6.45) is 1.40. The standard InChI is InChI=1S/C15H18N2O3/c1-8(2)10-6-11(9(3)5-12(10)20-4)13-14(15(18)19)17-7-16-13/h5-8H,1-4H3,(H,16,17)(H,18,19). The van der Waals surface area contributed by atoms with E-state index < -0.39 is 5.97 Å². The molecule has 5 nitrogen and oxygen atoms in total. The first kappa shape index (κ1) is 14.1. The van der Waals surface area contributed by atoms with Gasteiger partial charge in [-0.05, 0) is 36.1 Å². The van der Waals surface area contributed by atoms with Crippen molar-refractivity contribution in [2.45, 2.75) is 26.7 Å². The lowest BCUT2D eigenvalue weighted by atomic mass is 9.94. The Morgan fingerprint density at radius 2 is 2.10 bits per heavy atom. The first-order valence-electron chi connectivity index (χ1n) is 6.41. The van der Waals surface area contributed by atoms with Crippen molar-refractivity contribution in [1.29, 1.82) is 0 Å². The minimum absolute atomic E-state index is 0.105. The van der Waals surface area contributed by atoms with Crippen LogP contribution in [0.25, 0.3) is 11.3 Å². The van der Waals surface area contributed by atoms with Crippen LogP contribution in [0.2, 0.25) is 0 Å². The van der Waals surface area contributed by atoms with E-state index in [0.29, 0.717) is 5.69 Å². The molecule has 0 amide bonds. The molecule has 0 fully saturated rings. The summed E-state index contributed by atoms with van der Waals surface area (Å²) >= 11 is 0. The molecule has 2 N–H and O–H groups in total. The van der Waals surface area contributed by atoms with Crippen LogP contribution >= 0.6 is 0 Å². The van der Waals surface area contributed by atoms with Crippen molar-refractivity contribution in [3.05, 3.63) is 35.3 Å². The van der Waals surface area contributed by atoms with E-state index in [1.807, 2.05) is 19.1 Å². The summed E-state index contributed by atoms with van der Waals surface area (Å²) in [5.41, 5.74) is 3.34. The van der Waals surface area contributed by atoms with Crippen LogP contribution in [0.1, 0.15) is 41.4 Å². The molecular weight excluding hydrogens is 256 g/mol. The lowest BCUT2D eigenvalue weighted by Gasteiger charge is -2.15. The summed E-state index contributed by atoms with van der Waals surface area (Å²) in [5, 5.41) is 9.19. The van der Waals surface area contributed by atoms with Gasteiger partial charge in [0.1, 0.15) is 11.4 Å².